The summed E-state index contributed by atoms with van der Waals surface area (Å²) < 4.78 is 0. The van der Waals surface area contributed by atoms with Crippen molar-refractivity contribution >= 4 is 0 Å². The van der Waals surface area contributed by atoms with E-state index in [0.717, 1.165) is 6.42 Å². The monoisotopic (exact) mass is 234 g/mol. The van der Waals surface area contributed by atoms with Crippen molar-refractivity contribution in [2.45, 2.75) is 25.7 Å². The fourth-order valence-electron chi connectivity index (χ4n) is 2.16. The molecule has 0 heterocycles. The molecule has 18 heavy (non-hydrogen) atoms. The van der Waals surface area contributed by atoms with E-state index in [1.807, 2.05) is 18.2 Å². The first kappa shape index (κ1) is 12.5. The molecular weight excluding hydrogens is 216 g/mol. The highest BCUT2D eigenvalue weighted by molar-refractivity contribution is 5.36. The molecule has 0 radical (unpaired) electrons. The molecule has 0 amide bonds. The highest BCUT2D eigenvalue weighted by atomic mass is 14.3. The van der Waals surface area contributed by atoms with Crippen LogP contribution in [0, 0.1) is 19.3 Å². The van der Waals surface area contributed by atoms with Crippen LogP contribution in [0.5, 0.6) is 0 Å². The highest BCUT2D eigenvalue weighted by Crippen LogP contribution is 2.27. The molecule has 0 heteroatoms. The Morgan fingerprint density at radius 2 is 1.61 bits per heavy atom. The Morgan fingerprint density at radius 1 is 1.00 bits per heavy atom. The van der Waals surface area contributed by atoms with E-state index in [4.69, 9.17) is 6.42 Å². The molecule has 90 valence electrons. The molecule has 2 aromatic carbocycles. The molecule has 0 aliphatic rings. The van der Waals surface area contributed by atoms with Gasteiger partial charge in [-0.05, 0) is 31.4 Å². The van der Waals surface area contributed by atoms with Crippen molar-refractivity contribution in [1.82, 2.24) is 0 Å². The molecule has 0 spiro atoms. The molecule has 0 saturated carbocycles. The third-order valence-electron chi connectivity index (χ3n) is 3.41. The molecule has 0 fully saturated rings. The molecule has 0 nitrogen and oxygen atoms in total. The molecule has 0 N–H and O–H groups in total. The van der Waals surface area contributed by atoms with Crippen LogP contribution in [-0.2, 0) is 11.8 Å². The minimum Gasteiger partial charge on any atom is -0.119 e. The highest BCUT2D eigenvalue weighted by Gasteiger charge is 2.23. The van der Waals surface area contributed by atoms with E-state index in [1.54, 1.807) is 0 Å². The molecule has 2 aromatic rings. The molecule has 1 atom stereocenters. The zero-order valence-corrected chi connectivity index (χ0v) is 11.0. The van der Waals surface area contributed by atoms with E-state index in [0.29, 0.717) is 0 Å². The Kier molecular flexibility index (Phi) is 3.53. The number of hydrogen-bond donors (Lipinski definition) is 0. The van der Waals surface area contributed by atoms with E-state index in [1.165, 1.54) is 16.7 Å². The van der Waals surface area contributed by atoms with Gasteiger partial charge in [-0.1, -0.05) is 66.1 Å². The van der Waals surface area contributed by atoms with Crippen LogP contribution in [0.4, 0.5) is 0 Å². The van der Waals surface area contributed by atoms with Gasteiger partial charge in [0.2, 0.25) is 0 Å². The number of aryl methyl sites for hydroxylation is 1. The lowest BCUT2D eigenvalue weighted by atomic mass is 9.78. The average molecular weight is 234 g/mol. The summed E-state index contributed by atoms with van der Waals surface area (Å²) >= 11 is 0. The quantitative estimate of drug-likeness (QED) is 0.700. The van der Waals surface area contributed by atoms with Crippen molar-refractivity contribution in [2.24, 2.45) is 0 Å². The van der Waals surface area contributed by atoms with Crippen molar-refractivity contribution in [3.63, 3.8) is 0 Å². The standard InChI is InChI=1S/C18H18/c1-4-18(3,17-8-6-5-7-9-17)14-16-12-10-15(2)11-13-16/h1,5-13H,14H2,2-3H3. The molecular formula is C18H18. The summed E-state index contributed by atoms with van der Waals surface area (Å²) in [6, 6.07) is 18.9. The van der Waals surface area contributed by atoms with Crippen LogP contribution in [-0.4, -0.2) is 0 Å². The van der Waals surface area contributed by atoms with Gasteiger partial charge in [0.05, 0.1) is 5.41 Å². The normalized spacial score (nSPS) is 13.6. The van der Waals surface area contributed by atoms with Crippen LogP contribution in [0.2, 0.25) is 0 Å². The summed E-state index contributed by atoms with van der Waals surface area (Å²) in [6.07, 6.45) is 6.64. The SMILES string of the molecule is C#CC(C)(Cc1ccc(C)cc1)c1ccccc1. The largest absolute Gasteiger partial charge is 0.119 e. The Morgan fingerprint density at radius 3 is 2.17 bits per heavy atom. The van der Waals surface area contributed by atoms with Crippen molar-refractivity contribution in [1.29, 1.82) is 0 Å². The van der Waals surface area contributed by atoms with E-state index in [9.17, 15) is 0 Å². The number of rotatable bonds is 3. The summed E-state index contributed by atoms with van der Waals surface area (Å²) in [6.45, 7) is 4.23. The van der Waals surface area contributed by atoms with Gasteiger partial charge in [0.1, 0.15) is 0 Å². The second-order valence-corrected chi connectivity index (χ2v) is 5.00. The molecule has 0 aliphatic heterocycles. The fourth-order valence-corrected chi connectivity index (χ4v) is 2.16. The van der Waals surface area contributed by atoms with Gasteiger partial charge < -0.3 is 0 Å². The second kappa shape index (κ2) is 5.10. The van der Waals surface area contributed by atoms with E-state index >= 15 is 0 Å². The van der Waals surface area contributed by atoms with Gasteiger partial charge in [-0.3, -0.25) is 0 Å². The smallest absolute Gasteiger partial charge is 0.0572 e. The van der Waals surface area contributed by atoms with Crippen LogP contribution in [0.1, 0.15) is 23.6 Å². The third-order valence-corrected chi connectivity index (χ3v) is 3.41. The first-order chi connectivity index (χ1) is 8.64. The van der Waals surface area contributed by atoms with Crippen LogP contribution in [0.3, 0.4) is 0 Å². The molecule has 0 saturated heterocycles. The van der Waals surface area contributed by atoms with Crippen molar-refractivity contribution < 1.29 is 0 Å². The van der Waals surface area contributed by atoms with E-state index in [-0.39, 0.29) is 5.41 Å². The van der Waals surface area contributed by atoms with Crippen LogP contribution < -0.4 is 0 Å². The summed E-state index contributed by atoms with van der Waals surface area (Å²) in [5.74, 6) is 2.96. The Hall–Kier alpha value is -2.00. The maximum absolute atomic E-state index is 5.77. The lowest BCUT2D eigenvalue weighted by molar-refractivity contribution is 0.616. The van der Waals surface area contributed by atoms with Gasteiger partial charge in [0.25, 0.3) is 0 Å². The molecule has 1 unspecified atom stereocenters. The second-order valence-electron chi connectivity index (χ2n) is 5.00. The minimum absolute atomic E-state index is 0.240. The van der Waals surface area contributed by atoms with Crippen molar-refractivity contribution in [3.8, 4) is 12.3 Å². The van der Waals surface area contributed by atoms with Crippen LogP contribution in [0.15, 0.2) is 54.6 Å². The van der Waals surface area contributed by atoms with Crippen LogP contribution in [0.25, 0.3) is 0 Å². The van der Waals surface area contributed by atoms with Gasteiger partial charge in [-0.25, -0.2) is 0 Å². The van der Waals surface area contributed by atoms with Gasteiger partial charge in [-0.15, -0.1) is 6.42 Å². The number of hydrogen-bond acceptors (Lipinski definition) is 0. The van der Waals surface area contributed by atoms with E-state index in [2.05, 4.69) is 56.2 Å². The Bertz CT molecular complexity index is 543. The average Bonchev–Trinajstić information content (AvgIpc) is 2.42. The number of benzene rings is 2. The molecule has 2 rings (SSSR count). The predicted molar refractivity (Wildman–Crippen MR) is 77.5 cm³/mol. The predicted octanol–water partition coefficient (Wildman–Crippen LogP) is 4.13. The summed E-state index contributed by atoms with van der Waals surface area (Å²) in [5, 5.41) is 0. The van der Waals surface area contributed by atoms with Gasteiger partial charge in [0.15, 0.2) is 0 Å². The summed E-state index contributed by atoms with van der Waals surface area (Å²) in [4.78, 5) is 0. The van der Waals surface area contributed by atoms with Crippen molar-refractivity contribution in [3.05, 3.63) is 71.3 Å². The van der Waals surface area contributed by atoms with Crippen molar-refractivity contribution in [2.75, 3.05) is 0 Å². The van der Waals surface area contributed by atoms with Gasteiger partial charge in [-0.2, -0.15) is 0 Å². The first-order valence-electron chi connectivity index (χ1n) is 6.23. The van der Waals surface area contributed by atoms with Gasteiger partial charge >= 0.3 is 0 Å². The zero-order valence-electron chi connectivity index (χ0n) is 11.0. The fraction of sp³-hybridized carbons (Fsp3) is 0.222. The minimum atomic E-state index is -0.240. The maximum Gasteiger partial charge on any atom is 0.0572 e. The first-order valence-corrected chi connectivity index (χ1v) is 6.23. The lowest BCUT2D eigenvalue weighted by Crippen LogP contribution is -2.22. The molecule has 0 aliphatic carbocycles. The van der Waals surface area contributed by atoms with E-state index < -0.39 is 0 Å². The summed E-state index contributed by atoms with van der Waals surface area (Å²) in [7, 11) is 0. The zero-order chi connectivity index (χ0) is 13.0. The maximum atomic E-state index is 5.77. The Balaban J connectivity index is 2.30. The topological polar surface area (TPSA) is 0 Å². The third kappa shape index (κ3) is 2.63. The van der Waals surface area contributed by atoms with Crippen LogP contribution >= 0.6 is 0 Å². The number of terminal acetylenes is 1. The van der Waals surface area contributed by atoms with Gasteiger partial charge in [0, 0.05) is 0 Å². The summed E-state index contributed by atoms with van der Waals surface area (Å²) in [5.41, 5.74) is 3.52. The lowest BCUT2D eigenvalue weighted by Gasteiger charge is -2.24. The molecule has 0 aromatic heterocycles. The molecule has 0 bridgehead atoms. The Labute approximate surface area is 110 Å².